The molecule has 2 aliphatic rings. The summed E-state index contributed by atoms with van der Waals surface area (Å²) in [4.78, 5) is 26.7. The van der Waals surface area contributed by atoms with Crippen molar-refractivity contribution in [3.63, 3.8) is 0 Å². The van der Waals surface area contributed by atoms with Crippen LogP contribution in [0.25, 0.3) is 0 Å². The van der Waals surface area contributed by atoms with Gasteiger partial charge in [0, 0.05) is 57.6 Å². The Bertz CT molecular complexity index is 1680. The fourth-order valence-electron chi connectivity index (χ4n) is 5.61. The highest BCUT2D eigenvalue weighted by atomic mass is 79.9. The van der Waals surface area contributed by atoms with E-state index in [0.29, 0.717) is 39.0 Å². The van der Waals surface area contributed by atoms with Gasteiger partial charge in [0.2, 0.25) is 16.0 Å². The molecule has 1 aromatic heterocycles. The van der Waals surface area contributed by atoms with Gasteiger partial charge in [-0.3, -0.25) is 9.21 Å². The number of hydrogen-bond donors (Lipinski definition) is 3. The number of ether oxygens (including phenoxy) is 3. The molecule has 46 heavy (non-hydrogen) atoms. The molecule has 3 N–H and O–H groups in total. The van der Waals surface area contributed by atoms with Crippen LogP contribution >= 0.6 is 15.9 Å². The van der Waals surface area contributed by atoms with Crippen LogP contribution in [0.15, 0.2) is 41.0 Å². The van der Waals surface area contributed by atoms with Gasteiger partial charge in [-0.1, -0.05) is 0 Å². The summed E-state index contributed by atoms with van der Waals surface area (Å²) in [6.45, 7) is 4.96. The molecule has 5 rings (SSSR count). The predicted octanol–water partition coefficient (Wildman–Crippen LogP) is 3.92. The first-order valence-electron chi connectivity index (χ1n) is 14.7. The van der Waals surface area contributed by atoms with Gasteiger partial charge in [-0.05, 0) is 47.0 Å². The van der Waals surface area contributed by atoms with Crippen molar-refractivity contribution in [1.29, 1.82) is 0 Å². The van der Waals surface area contributed by atoms with Gasteiger partial charge < -0.3 is 34.9 Å². The van der Waals surface area contributed by atoms with Crippen LogP contribution in [0, 0.1) is 0 Å². The van der Waals surface area contributed by atoms with Crippen LogP contribution in [0.4, 0.5) is 34.5 Å². The number of nitrogens with one attached hydrogen (secondary N) is 2. The molecule has 14 nitrogen and oxygen atoms in total. The van der Waals surface area contributed by atoms with Gasteiger partial charge in [0.15, 0.2) is 0 Å². The standard InChI is InChI=1S/C30H38BrN7O7S/c1-36(46(4,41)42)26-15-20(39)5-6-23(26)33-28-22(31)18-32-30(35-28)34-24-16-21(29(40)44-3)25(17-27(24)43-2)38-9-7-19(8-10-38)37-11-13-45-14-12-37/h5-6,15-19,39H,7-14H2,1-4H3,(H2,32,33,34,35). The smallest absolute Gasteiger partial charge is 0.340 e. The third-order valence-corrected chi connectivity index (χ3v) is 9.92. The van der Waals surface area contributed by atoms with Crippen LogP contribution in [0.1, 0.15) is 23.2 Å². The Morgan fingerprint density at radius 1 is 1.09 bits per heavy atom. The lowest BCUT2D eigenvalue weighted by atomic mass is 10.0. The van der Waals surface area contributed by atoms with E-state index in [2.05, 4.69) is 46.3 Å². The number of halogens is 1. The molecular weight excluding hydrogens is 682 g/mol. The summed E-state index contributed by atoms with van der Waals surface area (Å²) in [6, 6.07) is 8.29. The number of carbonyl (C=O) groups is 1. The molecule has 16 heteroatoms. The second kappa shape index (κ2) is 14.3. The van der Waals surface area contributed by atoms with Crippen molar-refractivity contribution in [3.05, 3.63) is 46.6 Å². The second-order valence-corrected chi connectivity index (χ2v) is 13.9. The van der Waals surface area contributed by atoms with Crippen LogP contribution in [0.3, 0.4) is 0 Å². The van der Waals surface area contributed by atoms with Gasteiger partial charge >= 0.3 is 5.97 Å². The number of benzene rings is 2. The van der Waals surface area contributed by atoms with Crippen molar-refractivity contribution in [2.24, 2.45) is 0 Å². The highest BCUT2D eigenvalue weighted by Crippen LogP contribution is 2.38. The van der Waals surface area contributed by atoms with Gasteiger partial charge in [0.25, 0.3) is 0 Å². The topological polar surface area (TPSA) is 159 Å². The Kier molecular flexibility index (Phi) is 10.4. The van der Waals surface area contributed by atoms with Gasteiger partial charge in [0.05, 0.1) is 66.5 Å². The van der Waals surface area contributed by atoms with Crippen LogP contribution in [-0.4, -0.2) is 107 Å². The minimum Gasteiger partial charge on any atom is -0.508 e. The summed E-state index contributed by atoms with van der Waals surface area (Å²) in [5, 5.41) is 16.3. The molecule has 2 aliphatic heterocycles. The molecule has 3 aromatic rings. The summed E-state index contributed by atoms with van der Waals surface area (Å²) in [7, 11) is 0.662. The molecule has 2 fully saturated rings. The molecule has 0 aliphatic carbocycles. The average molecular weight is 721 g/mol. The average Bonchev–Trinajstić information content (AvgIpc) is 3.06. The first kappa shape index (κ1) is 33.5. The van der Waals surface area contributed by atoms with Crippen molar-refractivity contribution < 1.29 is 32.5 Å². The Balaban J connectivity index is 1.41. The Labute approximate surface area is 276 Å². The lowest BCUT2D eigenvalue weighted by Crippen LogP contribution is -2.49. The second-order valence-electron chi connectivity index (χ2n) is 11.0. The maximum absolute atomic E-state index is 13.0. The number of aromatic nitrogens is 2. The third-order valence-electron chi connectivity index (χ3n) is 8.15. The quantitative estimate of drug-likeness (QED) is 0.205. The van der Waals surface area contributed by atoms with E-state index < -0.39 is 16.0 Å². The number of esters is 1. The number of hydrogen-bond acceptors (Lipinski definition) is 13. The molecule has 0 bridgehead atoms. The zero-order valence-electron chi connectivity index (χ0n) is 26.1. The van der Waals surface area contributed by atoms with Crippen molar-refractivity contribution in [3.8, 4) is 11.5 Å². The molecular formula is C30H38BrN7O7S. The molecule has 0 radical (unpaired) electrons. The van der Waals surface area contributed by atoms with E-state index in [1.54, 1.807) is 19.2 Å². The van der Waals surface area contributed by atoms with Crippen molar-refractivity contribution >= 4 is 66.4 Å². The number of rotatable bonds is 10. The third kappa shape index (κ3) is 7.57. The molecule has 248 valence electrons. The minimum absolute atomic E-state index is 0.0985. The monoisotopic (exact) mass is 719 g/mol. The predicted molar refractivity (Wildman–Crippen MR) is 180 cm³/mol. The molecule has 0 spiro atoms. The van der Waals surface area contributed by atoms with Crippen molar-refractivity contribution in [1.82, 2.24) is 14.9 Å². The molecule has 0 saturated carbocycles. The number of aromatic hydroxyl groups is 1. The van der Waals surface area contributed by atoms with E-state index >= 15 is 0 Å². The van der Waals surface area contributed by atoms with E-state index in [1.165, 1.54) is 32.5 Å². The van der Waals surface area contributed by atoms with Gasteiger partial charge in [-0.15, -0.1) is 0 Å². The van der Waals surface area contributed by atoms with Crippen LogP contribution < -0.4 is 24.6 Å². The van der Waals surface area contributed by atoms with Gasteiger partial charge in [-0.25, -0.2) is 18.2 Å². The van der Waals surface area contributed by atoms with E-state index in [0.717, 1.165) is 68.5 Å². The zero-order chi connectivity index (χ0) is 33.0. The number of phenolic OH excluding ortho intramolecular Hbond substituents is 1. The van der Waals surface area contributed by atoms with E-state index in [1.807, 2.05) is 6.07 Å². The van der Waals surface area contributed by atoms with Gasteiger partial charge in [-0.2, -0.15) is 4.98 Å². The zero-order valence-corrected chi connectivity index (χ0v) is 28.5. The van der Waals surface area contributed by atoms with Crippen molar-refractivity contribution in [2.45, 2.75) is 18.9 Å². The fourth-order valence-corrected chi connectivity index (χ4v) is 6.41. The maximum Gasteiger partial charge on any atom is 0.340 e. The fraction of sp³-hybridized carbons (Fsp3) is 0.433. The molecule has 0 atom stereocenters. The number of anilines is 6. The maximum atomic E-state index is 13.0. The molecule has 0 amide bonds. The Morgan fingerprint density at radius 3 is 2.46 bits per heavy atom. The normalized spacial score (nSPS) is 16.2. The largest absolute Gasteiger partial charge is 0.508 e. The summed E-state index contributed by atoms with van der Waals surface area (Å²) in [5.41, 5.74) is 2.15. The first-order valence-corrected chi connectivity index (χ1v) is 17.3. The van der Waals surface area contributed by atoms with Crippen LogP contribution in [-0.2, 0) is 19.5 Å². The minimum atomic E-state index is -3.62. The summed E-state index contributed by atoms with van der Waals surface area (Å²) < 4.78 is 42.5. The SMILES string of the molecule is COC(=O)c1cc(Nc2ncc(Br)c(Nc3ccc(O)cc3N(C)S(C)(=O)=O)n2)c(OC)cc1N1CCC(N2CCOCC2)CC1. The van der Waals surface area contributed by atoms with Crippen molar-refractivity contribution in [2.75, 3.05) is 86.8 Å². The lowest BCUT2D eigenvalue weighted by molar-refractivity contribution is 0.0115. The first-order chi connectivity index (χ1) is 22.0. The number of nitrogens with zero attached hydrogens (tertiary/aromatic N) is 5. The van der Waals surface area contributed by atoms with Crippen LogP contribution in [0.5, 0.6) is 11.5 Å². The van der Waals surface area contributed by atoms with E-state index in [-0.39, 0.29) is 17.4 Å². The molecule has 2 saturated heterocycles. The highest BCUT2D eigenvalue weighted by Gasteiger charge is 2.29. The number of sulfonamides is 1. The lowest BCUT2D eigenvalue weighted by Gasteiger charge is -2.41. The summed E-state index contributed by atoms with van der Waals surface area (Å²) in [6.07, 6.45) is 4.53. The number of morpholine rings is 1. The summed E-state index contributed by atoms with van der Waals surface area (Å²) in [5.74, 6) is 0.395. The summed E-state index contributed by atoms with van der Waals surface area (Å²) >= 11 is 3.44. The van der Waals surface area contributed by atoms with Gasteiger partial charge in [0.1, 0.15) is 17.3 Å². The number of phenols is 1. The molecule has 3 heterocycles. The highest BCUT2D eigenvalue weighted by molar-refractivity contribution is 9.10. The Morgan fingerprint density at radius 2 is 1.80 bits per heavy atom. The number of methoxy groups -OCH3 is 2. The number of piperidine rings is 1. The molecule has 0 unspecified atom stereocenters. The van der Waals surface area contributed by atoms with E-state index in [9.17, 15) is 18.3 Å². The molecule has 2 aromatic carbocycles. The van der Waals surface area contributed by atoms with E-state index in [4.69, 9.17) is 14.2 Å². The van der Waals surface area contributed by atoms with Crippen LogP contribution in [0.2, 0.25) is 0 Å². The Hall–Kier alpha value is -3.86. The number of carbonyl (C=O) groups excluding carboxylic acids is 1.